The lowest BCUT2D eigenvalue weighted by atomic mass is 9.96. The number of rotatable bonds is 11. The molecule has 184 valence electrons. The van der Waals surface area contributed by atoms with Crippen molar-refractivity contribution < 1.29 is 19.1 Å². The first kappa shape index (κ1) is 28.2. The quantitative estimate of drug-likeness (QED) is 0.375. The summed E-state index contributed by atoms with van der Waals surface area (Å²) >= 11 is 0. The number of aryl methyl sites for hydroxylation is 2. The number of amides is 3. The first-order valence-corrected chi connectivity index (χ1v) is 11.7. The van der Waals surface area contributed by atoms with E-state index in [1.807, 2.05) is 32.0 Å². The first-order chi connectivity index (χ1) is 15.4. The van der Waals surface area contributed by atoms with Crippen LogP contribution in [0.25, 0.3) is 0 Å². The highest BCUT2D eigenvalue weighted by Gasteiger charge is 2.34. The zero-order valence-corrected chi connectivity index (χ0v) is 21.3. The molecule has 2 unspecified atom stereocenters. The van der Waals surface area contributed by atoms with E-state index in [2.05, 4.69) is 24.1 Å². The molecule has 0 radical (unpaired) electrons. The van der Waals surface area contributed by atoms with Gasteiger partial charge in [-0.25, -0.2) is 4.79 Å². The number of hydrogen-bond acceptors (Lipinski definition) is 4. The van der Waals surface area contributed by atoms with Crippen LogP contribution in [0.15, 0.2) is 30.9 Å². The molecule has 1 rings (SSSR count). The van der Waals surface area contributed by atoms with Crippen LogP contribution in [0.4, 0.5) is 4.79 Å². The molecule has 3 amide bonds. The van der Waals surface area contributed by atoms with Crippen molar-refractivity contribution in [2.45, 2.75) is 85.4 Å². The van der Waals surface area contributed by atoms with E-state index in [1.165, 1.54) is 4.90 Å². The maximum absolute atomic E-state index is 13.5. The summed E-state index contributed by atoms with van der Waals surface area (Å²) in [7, 11) is 0. The largest absolute Gasteiger partial charge is 0.444 e. The normalized spacial score (nSPS) is 12.9. The van der Waals surface area contributed by atoms with Gasteiger partial charge in [0.2, 0.25) is 11.8 Å². The minimum atomic E-state index is -0.889. The zero-order chi connectivity index (χ0) is 25.2. The molecular weight excluding hydrogens is 418 g/mol. The van der Waals surface area contributed by atoms with Crippen molar-refractivity contribution in [3.05, 3.63) is 47.5 Å². The lowest BCUT2D eigenvalue weighted by Crippen LogP contribution is -2.52. The number of alkyl carbamates (subject to hydrolysis) is 1. The molecule has 0 aliphatic heterocycles. The molecule has 0 fully saturated rings. The molecule has 1 aromatic carbocycles. The Kier molecular flexibility index (Phi) is 11.1. The maximum atomic E-state index is 13.5. The van der Waals surface area contributed by atoms with Crippen molar-refractivity contribution in [2.24, 2.45) is 0 Å². The smallest absolute Gasteiger partial charge is 0.408 e. The third-order valence-corrected chi connectivity index (χ3v) is 5.08. The monoisotopic (exact) mass is 459 g/mol. The summed E-state index contributed by atoms with van der Waals surface area (Å²) in [4.78, 5) is 40.5. The van der Waals surface area contributed by atoms with Crippen LogP contribution in [0.2, 0.25) is 0 Å². The Hall–Kier alpha value is -2.83. The van der Waals surface area contributed by atoms with Gasteiger partial charge >= 0.3 is 6.09 Å². The molecule has 0 saturated heterocycles. The summed E-state index contributed by atoms with van der Waals surface area (Å²) in [6.45, 7) is 17.3. The van der Waals surface area contributed by atoms with E-state index in [-0.39, 0.29) is 12.5 Å². The lowest BCUT2D eigenvalue weighted by molar-refractivity contribution is -0.141. The predicted octanol–water partition coefficient (Wildman–Crippen LogP) is 4.58. The first-order valence-electron chi connectivity index (χ1n) is 11.7. The fraction of sp³-hybridized carbons (Fsp3) is 0.577. The van der Waals surface area contributed by atoms with E-state index in [9.17, 15) is 14.4 Å². The molecule has 2 N–H and O–H groups in total. The van der Waals surface area contributed by atoms with E-state index in [0.29, 0.717) is 6.54 Å². The molecule has 0 aromatic heterocycles. The molecule has 0 spiro atoms. The molecule has 7 heteroatoms. The van der Waals surface area contributed by atoms with Crippen molar-refractivity contribution in [1.29, 1.82) is 0 Å². The predicted molar refractivity (Wildman–Crippen MR) is 132 cm³/mol. The minimum absolute atomic E-state index is 0.152. The number of carbonyl (C=O) groups excluding carboxylic acids is 3. The van der Waals surface area contributed by atoms with Crippen LogP contribution >= 0.6 is 0 Å². The molecule has 0 heterocycles. The number of benzene rings is 1. The number of unbranched alkanes of at least 4 members (excludes halogenated alkanes) is 2. The van der Waals surface area contributed by atoms with Crippen LogP contribution in [0.3, 0.4) is 0 Å². The van der Waals surface area contributed by atoms with Crippen LogP contribution in [-0.4, -0.2) is 47.5 Å². The SMILES string of the molecule is C=CCN(C(=O)C(C)NC(=O)OC(C)(C)C)C(C(=O)NCCCCC)c1cc(C)ccc1C. The highest BCUT2D eigenvalue weighted by Crippen LogP contribution is 2.26. The number of nitrogens with zero attached hydrogens (tertiary/aromatic N) is 1. The van der Waals surface area contributed by atoms with Gasteiger partial charge < -0.3 is 20.3 Å². The second-order valence-electron chi connectivity index (χ2n) is 9.41. The molecule has 0 bridgehead atoms. The molecule has 1 aromatic rings. The Morgan fingerprint density at radius 2 is 1.85 bits per heavy atom. The van der Waals surface area contributed by atoms with Gasteiger partial charge in [-0.2, -0.15) is 0 Å². The van der Waals surface area contributed by atoms with E-state index in [1.54, 1.807) is 33.8 Å². The van der Waals surface area contributed by atoms with Gasteiger partial charge in [-0.1, -0.05) is 49.6 Å². The van der Waals surface area contributed by atoms with E-state index >= 15 is 0 Å². The average molecular weight is 460 g/mol. The molecule has 33 heavy (non-hydrogen) atoms. The van der Waals surface area contributed by atoms with E-state index in [4.69, 9.17) is 4.74 Å². The summed E-state index contributed by atoms with van der Waals surface area (Å²) in [5.41, 5.74) is 1.96. The zero-order valence-electron chi connectivity index (χ0n) is 21.3. The van der Waals surface area contributed by atoms with Gasteiger partial charge in [-0.15, -0.1) is 6.58 Å². The summed E-state index contributed by atoms with van der Waals surface area (Å²) in [6, 6.07) is 4.11. The average Bonchev–Trinajstić information content (AvgIpc) is 2.71. The number of ether oxygens (including phenoxy) is 1. The summed E-state index contributed by atoms with van der Waals surface area (Å²) < 4.78 is 5.28. The van der Waals surface area contributed by atoms with Crippen molar-refractivity contribution in [2.75, 3.05) is 13.1 Å². The van der Waals surface area contributed by atoms with Gasteiger partial charge in [-0.05, 0) is 59.1 Å². The van der Waals surface area contributed by atoms with Crippen LogP contribution in [0.5, 0.6) is 0 Å². The lowest BCUT2D eigenvalue weighted by Gasteiger charge is -2.33. The second kappa shape index (κ2) is 13.0. The summed E-state index contributed by atoms with van der Waals surface area (Å²) in [6.07, 6.45) is 3.83. The fourth-order valence-corrected chi connectivity index (χ4v) is 3.44. The number of carbonyl (C=O) groups is 3. The summed E-state index contributed by atoms with van der Waals surface area (Å²) in [5, 5.41) is 5.58. The number of nitrogens with one attached hydrogen (secondary N) is 2. The van der Waals surface area contributed by atoms with Crippen LogP contribution in [-0.2, 0) is 14.3 Å². The molecular formula is C26H41N3O4. The topological polar surface area (TPSA) is 87.7 Å². The van der Waals surface area contributed by atoms with Gasteiger partial charge in [0.25, 0.3) is 0 Å². The van der Waals surface area contributed by atoms with Gasteiger partial charge in [-0.3, -0.25) is 9.59 Å². The van der Waals surface area contributed by atoms with E-state index < -0.39 is 29.7 Å². The number of hydrogen-bond donors (Lipinski definition) is 2. The molecule has 0 aliphatic rings. The Labute approximate surface area is 198 Å². The molecule has 0 aliphatic carbocycles. The highest BCUT2D eigenvalue weighted by molar-refractivity contribution is 5.92. The molecule has 2 atom stereocenters. The van der Waals surface area contributed by atoms with E-state index in [0.717, 1.165) is 36.0 Å². The van der Waals surface area contributed by atoms with Crippen molar-refractivity contribution in [3.8, 4) is 0 Å². The minimum Gasteiger partial charge on any atom is -0.444 e. The van der Waals surface area contributed by atoms with Crippen LogP contribution < -0.4 is 10.6 Å². The van der Waals surface area contributed by atoms with Crippen LogP contribution in [0, 0.1) is 13.8 Å². The fourth-order valence-electron chi connectivity index (χ4n) is 3.44. The van der Waals surface area contributed by atoms with Crippen molar-refractivity contribution in [1.82, 2.24) is 15.5 Å². The van der Waals surface area contributed by atoms with Crippen LogP contribution in [0.1, 0.15) is 76.6 Å². The maximum Gasteiger partial charge on any atom is 0.408 e. The van der Waals surface area contributed by atoms with Gasteiger partial charge in [0.1, 0.15) is 17.7 Å². The van der Waals surface area contributed by atoms with Crippen molar-refractivity contribution >= 4 is 17.9 Å². The Balaban J connectivity index is 3.26. The van der Waals surface area contributed by atoms with Gasteiger partial charge in [0, 0.05) is 13.1 Å². The Morgan fingerprint density at radius 1 is 1.18 bits per heavy atom. The molecule has 7 nitrogen and oxygen atoms in total. The second-order valence-corrected chi connectivity index (χ2v) is 9.41. The molecule has 0 saturated carbocycles. The highest BCUT2D eigenvalue weighted by atomic mass is 16.6. The van der Waals surface area contributed by atoms with Crippen molar-refractivity contribution in [3.63, 3.8) is 0 Å². The Morgan fingerprint density at radius 3 is 2.42 bits per heavy atom. The Bertz CT molecular complexity index is 829. The third-order valence-electron chi connectivity index (χ3n) is 5.08. The van der Waals surface area contributed by atoms with Gasteiger partial charge in [0.15, 0.2) is 0 Å². The third kappa shape index (κ3) is 9.28. The standard InChI is InChI=1S/C26H41N3O4/c1-9-11-12-15-27-23(30)22(21-17-18(3)13-14-19(21)4)29(16-10-2)24(31)20(5)28-25(32)33-26(6,7)8/h10,13-14,17,20,22H,2,9,11-12,15-16H2,1,3-8H3,(H,27,30)(H,28,32). The van der Waals surface area contributed by atoms with Gasteiger partial charge in [0.05, 0.1) is 0 Å². The summed E-state index contributed by atoms with van der Waals surface area (Å²) in [5.74, 6) is -0.644.